The third-order valence-corrected chi connectivity index (χ3v) is 3.99. The quantitative estimate of drug-likeness (QED) is 0.800. The number of morpholine rings is 1. The Balaban J connectivity index is 1.80. The first-order valence-electron chi connectivity index (χ1n) is 7.01. The molecular weight excluding hydrogens is 232 g/mol. The molecule has 0 radical (unpaired) electrons. The van der Waals surface area contributed by atoms with Gasteiger partial charge in [-0.05, 0) is 38.9 Å². The summed E-state index contributed by atoms with van der Waals surface area (Å²) in [5.41, 5.74) is 0. The van der Waals surface area contributed by atoms with Gasteiger partial charge in [-0.1, -0.05) is 6.92 Å². The molecule has 1 unspecified atom stereocenters. The largest absolute Gasteiger partial charge is 0.479 e. The summed E-state index contributed by atoms with van der Waals surface area (Å²) in [6.45, 7) is 7.67. The van der Waals surface area contributed by atoms with E-state index < -0.39 is 12.1 Å². The predicted molar refractivity (Wildman–Crippen MR) is 68.7 cm³/mol. The Morgan fingerprint density at radius 3 is 2.67 bits per heavy atom. The first-order valence-corrected chi connectivity index (χ1v) is 7.01. The molecule has 0 aromatic carbocycles. The minimum absolute atomic E-state index is 0.545. The lowest BCUT2D eigenvalue weighted by atomic mass is 10.0. The minimum atomic E-state index is -0.830. The van der Waals surface area contributed by atoms with Gasteiger partial charge in [-0.25, -0.2) is 4.79 Å². The molecule has 18 heavy (non-hydrogen) atoms. The molecule has 0 aromatic rings. The number of piperidine rings is 1. The van der Waals surface area contributed by atoms with E-state index >= 15 is 0 Å². The normalized spacial score (nSPS) is 28.4. The Kier molecular flexibility index (Phi) is 4.97. The van der Waals surface area contributed by atoms with Crippen molar-refractivity contribution < 1.29 is 14.6 Å². The molecule has 5 heteroatoms. The minimum Gasteiger partial charge on any atom is -0.479 e. The van der Waals surface area contributed by atoms with Crippen molar-refractivity contribution in [2.45, 2.75) is 38.3 Å². The SMILES string of the molecule is CCCN1CCC(N2CCOC(C(=O)O)C2)CC1. The molecule has 5 nitrogen and oxygen atoms in total. The maximum atomic E-state index is 11.0. The second kappa shape index (κ2) is 6.50. The molecule has 104 valence electrons. The zero-order chi connectivity index (χ0) is 13.0. The van der Waals surface area contributed by atoms with Crippen molar-refractivity contribution in [2.24, 2.45) is 0 Å². The monoisotopic (exact) mass is 256 g/mol. The van der Waals surface area contributed by atoms with Crippen LogP contribution in [-0.2, 0) is 9.53 Å². The summed E-state index contributed by atoms with van der Waals surface area (Å²) in [5, 5.41) is 9.01. The van der Waals surface area contributed by atoms with Crippen molar-refractivity contribution in [3.8, 4) is 0 Å². The fourth-order valence-corrected chi connectivity index (χ4v) is 2.97. The van der Waals surface area contributed by atoms with Gasteiger partial charge in [0.2, 0.25) is 0 Å². The third-order valence-electron chi connectivity index (χ3n) is 3.99. The number of hydrogen-bond acceptors (Lipinski definition) is 4. The summed E-state index contributed by atoms with van der Waals surface area (Å²) in [6, 6.07) is 0.545. The summed E-state index contributed by atoms with van der Waals surface area (Å²) in [5.74, 6) is -0.830. The third kappa shape index (κ3) is 3.43. The van der Waals surface area contributed by atoms with Crippen LogP contribution in [0.15, 0.2) is 0 Å². The van der Waals surface area contributed by atoms with Crippen molar-refractivity contribution in [3.63, 3.8) is 0 Å². The van der Waals surface area contributed by atoms with Gasteiger partial charge in [0.25, 0.3) is 0 Å². The van der Waals surface area contributed by atoms with Gasteiger partial charge < -0.3 is 14.7 Å². The van der Waals surface area contributed by atoms with E-state index in [0.29, 0.717) is 19.2 Å². The molecule has 2 rings (SSSR count). The number of carboxylic acid groups (broad SMARTS) is 1. The van der Waals surface area contributed by atoms with Crippen LogP contribution in [0.3, 0.4) is 0 Å². The smallest absolute Gasteiger partial charge is 0.334 e. The number of nitrogens with zero attached hydrogens (tertiary/aromatic N) is 2. The zero-order valence-electron chi connectivity index (χ0n) is 11.2. The van der Waals surface area contributed by atoms with Crippen molar-refractivity contribution >= 4 is 5.97 Å². The first-order chi connectivity index (χ1) is 8.70. The van der Waals surface area contributed by atoms with E-state index in [9.17, 15) is 4.79 Å². The van der Waals surface area contributed by atoms with Gasteiger partial charge in [0, 0.05) is 19.1 Å². The van der Waals surface area contributed by atoms with Gasteiger partial charge in [0.15, 0.2) is 6.10 Å². The van der Waals surface area contributed by atoms with Crippen LogP contribution >= 0.6 is 0 Å². The number of carbonyl (C=O) groups is 1. The summed E-state index contributed by atoms with van der Waals surface area (Å²) in [6.07, 6.45) is 2.90. The lowest BCUT2D eigenvalue weighted by Gasteiger charge is -2.41. The number of rotatable bonds is 4. The standard InChI is InChI=1S/C13H24N2O3/c1-2-5-14-6-3-11(4-7-14)15-8-9-18-12(10-15)13(16)17/h11-12H,2-10H2,1H3,(H,16,17). The molecule has 2 aliphatic rings. The Hall–Kier alpha value is -0.650. The Morgan fingerprint density at radius 1 is 1.33 bits per heavy atom. The van der Waals surface area contributed by atoms with Gasteiger partial charge >= 0.3 is 5.97 Å². The highest BCUT2D eigenvalue weighted by Crippen LogP contribution is 2.19. The van der Waals surface area contributed by atoms with Crippen molar-refractivity contribution in [2.75, 3.05) is 39.3 Å². The average molecular weight is 256 g/mol. The molecule has 2 saturated heterocycles. The van der Waals surface area contributed by atoms with E-state index in [1.807, 2.05) is 0 Å². The van der Waals surface area contributed by atoms with Crippen molar-refractivity contribution in [1.82, 2.24) is 9.80 Å². The van der Waals surface area contributed by atoms with Crippen molar-refractivity contribution in [3.05, 3.63) is 0 Å². The molecule has 0 spiro atoms. The summed E-state index contributed by atoms with van der Waals surface area (Å²) in [4.78, 5) is 15.8. The molecule has 2 aliphatic heterocycles. The highest BCUT2D eigenvalue weighted by Gasteiger charge is 2.31. The second-order valence-corrected chi connectivity index (χ2v) is 5.27. The van der Waals surface area contributed by atoms with Crippen LogP contribution < -0.4 is 0 Å². The second-order valence-electron chi connectivity index (χ2n) is 5.27. The predicted octanol–water partition coefficient (Wildman–Crippen LogP) is 0.646. The van der Waals surface area contributed by atoms with Crippen LogP contribution in [-0.4, -0.2) is 72.4 Å². The number of likely N-dealkylation sites (tertiary alicyclic amines) is 1. The van der Waals surface area contributed by atoms with Gasteiger partial charge in [0.05, 0.1) is 6.61 Å². The zero-order valence-corrected chi connectivity index (χ0v) is 11.2. The highest BCUT2D eigenvalue weighted by molar-refractivity contribution is 5.72. The van der Waals surface area contributed by atoms with Crippen LogP contribution in [0, 0.1) is 0 Å². The maximum absolute atomic E-state index is 11.0. The molecule has 1 N–H and O–H groups in total. The number of carboxylic acids is 1. The Labute approximate surface area is 109 Å². The van der Waals surface area contributed by atoms with E-state index in [1.165, 1.54) is 13.0 Å². The van der Waals surface area contributed by atoms with Crippen LogP contribution in [0.1, 0.15) is 26.2 Å². The average Bonchev–Trinajstić information content (AvgIpc) is 2.40. The number of aliphatic carboxylic acids is 1. The van der Waals surface area contributed by atoms with Crippen LogP contribution in [0.5, 0.6) is 0 Å². The van der Waals surface area contributed by atoms with E-state index in [-0.39, 0.29) is 0 Å². The van der Waals surface area contributed by atoms with Crippen LogP contribution in [0.2, 0.25) is 0 Å². The number of ether oxygens (including phenoxy) is 1. The lowest BCUT2D eigenvalue weighted by Crippen LogP contribution is -2.53. The maximum Gasteiger partial charge on any atom is 0.334 e. The molecule has 1 atom stereocenters. The molecule has 0 amide bonds. The van der Waals surface area contributed by atoms with Gasteiger partial charge in [0.1, 0.15) is 0 Å². The van der Waals surface area contributed by atoms with Crippen LogP contribution in [0.25, 0.3) is 0 Å². The molecule has 0 aromatic heterocycles. The molecule has 0 aliphatic carbocycles. The van der Waals surface area contributed by atoms with Crippen LogP contribution in [0.4, 0.5) is 0 Å². The fraction of sp³-hybridized carbons (Fsp3) is 0.923. The van der Waals surface area contributed by atoms with E-state index in [2.05, 4.69) is 16.7 Å². The topological polar surface area (TPSA) is 53.0 Å². The number of hydrogen-bond donors (Lipinski definition) is 1. The van der Waals surface area contributed by atoms with E-state index in [4.69, 9.17) is 9.84 Å². The van der Waals surface area contributed by atoms with E-state index in [1.54, 1.807) is 0 Å². The van der Waals surface area contributed by atoms with Gasteiger partial charge in [-0.15, -0.1) is 0 Å². The Bertz CT molecular complexity index is 277. The molecular formula is C13H24N2O3. The highest BCUT2D eigenvalue weighted by atomic mass is 16.5. The summed E-state index contributed by atoms with van der Waals surface area (Å²) in [7, 11) is 0. The molecule has 2 fully saturated rings. The van der Waals surface area contributed by atoms with Crippen molar-refractivity contribution in [1.29, 1.82) is 0 Å². The van der Waals surface area contributed by atoms with Gasteiger partial charge in [-0.3, -0.25) is 4.90 Å². The molecule has 0 bridgehead atoms. The Morgan fingerprint density at radius 2 is 2.06 bits per heavy atom. The molecule has 0 saturated carbocycles. The fourth-order valence-electron chi connectivity index (χ4n) is 2.97. The first kappa shape index (κ1) is 13.8. The molecule has 2 heterocycles. The van der Waals surface area contributed by atoms with E-state index in [0.717, 1.165) is 32.5 Å². The van der Waals surface area contributed by atoms with Gasteiger partial charge in [-0.2, -0.15) is 0 Å². The summed E-state index contributed by atoms with van der Waals surface area (Å²) < 4.78 is 5.27. The lowest BCUT2D eigenvalue weighted by molar-refractivity contribution is -0.157. The summed E-state index contributed by atoms with van der Waals surface area (Å²) >= 11 is 0.